The Morgan fingerprint density at radius 2 is 1.80 bits per heavy atom. The van der Waals surface area contributed by atoms with Crippen molar-refractivity contribution in [2.45, 2.75) is 24.6 Å². The average Bonchev–Trinajstić information content (AvgIpc) is 3.23. The first-order valence-corrected chi connectivity index (χ1v) is 8.74. The lowest BCUT2D eigenvalue weighted by Gasteiger charge is -2.14. The van der Waals surface area contributed by atoms with Gasteiger partial charge in [-0.05, 0) is 54.0 Å². The number of rotatable bonds is 3. The quantitative estimate of drug-likeness (QED) is 0.496. The summed E-state index contributed by atoms with van der Waals surface area (Å²) in [5, 5.41) is 0.0616. The van der Waals surface area contributed by atoms with E-state index in [4.69, 9.17) is 11.6 Å². The molecule has 1 saturated carbocycles. The van der Waals surface area contributed by atoms with Crippen molar-refractivity contribution in [3.8, 4) is 0 Å². The van der Waals surface area contributed by atoms with Crippen LogP contribution < -0.4 is 0 Å². The van der Waals surface area contributed by atoms with Crippen LogP contribution in [0.1, 0.15) is 34.4 Å². The molecule has 0 N–H and O–H groups in total. The zero-order valence-corrected chi connectivity index (χ0v) is 15.0. The molecule has 0 aliphatic heterocycles. The van der Waals surface area contributed by atoms with Crippen molar-refractivity contribution in [1.82, 2.24) is 0 Å². The molecule has 0 nitrogen and oxygen atoms in total. The summed E-state index contributed by atoms with van der Waals surface area (Å²) in [4.78, 5) is 0. The second-order valence-corrected chi connectivity index (χ2v) is 7.62. The minimum absolute atomic E-state index is 0.0616. The number of alkyl halides is 1. The van der Waals surface area contributed by atoms with E-state index in [0.29, 0.717) is 11.8 Å². The van der Waals surface area contributed by atoms with Crippen LogP contribution in [0.25, 0.3) is 0 Å². The lowest BCUT2D eigenvalue weighted by Crippen LogP contribution is -1.97. The Balaban J connectivity index is 1.82. The number of halogens is 3. The van der Waals surface area contributed by atoms with E-state index >= 15 is 0 Å². The van der Waals surface area contributed by atoms with Crippen LogP contribution in [0.4, 0.5) is 0 Å². The first-order chi connectivity index (χ1) is 9.58. The summed E-state index contributed by atoms with van der Waals surface area (Å²) in [6.45, 7) is 2.09. The van der Waals surface area contributed by atoms with Gasteiger partial charge in [0, 0.05) is 8.95 Å². The molecule has 2 aromatic rings. The Labute approximate surface area is 141 Å². The van der Waals surface area contributed by atoms with E-state index in [2.05, 4.69) is 81.2 Å². The SMILES string of the molecule is Cc1cc(Br)c(C(Cl)C2CC2c2ccccc2)cc1Br. The van der Waals surface area contributed by atoms with Crippen LogP contribution in [0.3, 0.4) is 0 Å². The maximum absolute atomic E-state index is 6.73. The molecule has 3 rings (SSSR count). The second kappa shape index (κ2) is 5.82. The predicted molar refractivity (Wildman–Crippen MR) is 92.5 cm³/mol. The van der Waals surface area contributed by atoms with Gasteiger partial charge in [0.2, 0.25) is 0 Å². The van der Waals surface area contributed by atoms with Gasteiger partial charge >= 0.3 is 0 Å². The van der Waals surface area contributed by atoms with Crippen LogP contribution in [0.5, 0.6) is 0 Å². The van der Waals surface area contributed by atoms with E-state index in [1.165, 1.54) is 23.1 Å². The minimum atomic E-state index is 0.0616. The van der Waals surface area contributed by atoms with Gasteiger partial charge in [0.25, 0.3) is 0 Å². The summed E-state index contributed by atoms with van der Waals surface area (Å²) in [6.07, 6.45) is 1.18. The Morgan fingerprint density at radius 1 is 1.10 bits per heavy atom. The van der Waals surface area contributed by atoms with E-state index in [9.17, 15) is 0 Å². The summed E-state index contributed by atoms with van der Waals surface area (Å²) in [5.74, 6) is 1.13. The minimum Gasteiger partial charge on any atom is -0.117 e. The van der Waals surface area contributed by atoms with Gasteiger partial charge in [0.1, 0.15) is 0 Å². The zero-order chi connectivity index (χ0) is 14.3. The molecule has 1 aliphatic rings. The van der Waals surface area contributed by atoms with E-state index in [1.54, 1.807) is 0 Å². The standard InChI is InChI=1S/C17H15Br2Cl/c1-10-7-16(19)14(9-15(10)18)17(20)13-8-12(13)11-5-3-2-4-6-11/h2-7,9,12-13,17H,8H2,1H3. The smallest absolute Gasteiger partial charge is 0.0630 e. The molecule has 0 radical (unpaired) electrons. The summed E-state index contributed by atoms with van der Waals surface area (Å²) in [7, 11) is 0. The van der Waals surface area contributed by atoms with E-state index in [1.807, 2.05) is 0 Å². The van der Waals surface area contributed by atoms with E-state index in [-0.39, 0.29) is 5.38 Å². The fraction of sp³-hybridized carbons (Fsp3) is 0.294. The van der Waals surface area contributed by atoms with Gasteiger partial charge in [-0.2, -0.15) is 0 Å². The summed E-state index contributed by atoms with van der Waals surface area (Å²) in [6, 6.07) is 15.0. The average molecular weight is 415 g/mol. The van der Waals surface area contributed by atoms with Crippen molar-refractivity contribution in [2.75, 3.05) is 0 Å². The molecular weight excluding hydrogens is 399 g/mol. The molecule has 0 saturated heterocycles. The van der Waals surface area contributed by atoms with Crippen molar-refractivity contribution in [3.05, 3.63) is 68.1 Å². The Morgan fingerprint density at radius 3 is 2.50 bits per heavy atom. The van der Waals surface area contributed by atoms with Gasteiger partial charge in [-0.1, -0.05) is 62.2 Å². The van der Waals surface area contributed by atoms with Gasteiger partial charge in [-0.15, -0.1) is 11.6 Å². The topological polar surface area (TPSA) is 0 Å². The van der Waals surface area contributed by atoms with E-state index < -0.39 is 0 Å². The van der Waals surface area contributed by atoms with Crippen molar-refractivity contribution in [1.29, 1.82) is 0 Å². The molecule has 1 fully saturated rings. The largest absolute Gasteiger partial charge is 0.117 e. The number of hydrogen-bond donors (Lipinski definition) is 0. The fourth-order valence-electron chi connectivity index (χ4n) is 2.73. The molecule has 3 heteroatoms. The highest BCUT2D eigenvalue weighted by Crippen LogP contribution is 2.57. The Bertz CT molecular complexity index is 624. The number of aryl methyl sites for hydroxylation is 1. The third kappa shape index (κ3) is 2.84. The normalized spacial score (nSPS) is 22.6. The summed E-state index contributed by atoms with van der Waals surface area (Å²) >= 11 is 14.0. The molecular formula is C17H15Br2Cl. The third-order valence-electron chi connectivity index (χ3n) is 4.02. The molecule has 3 unspecified atom stereocenters. The van der Waals surface area contributed by atoms with E-state index in [0.717, 1.165) is 8.95 Å². The number of hydrogen-bond acceptors (Lipinski definition) is 0. The molecule has 2 aromatic carbocycles. The van der Waals surface area contributed by atoms with Crippen LogP contribution in [0, 0.1) is 12.8 Å². The van der Waals surface area contributed by atoms with Gasteiger partial charge in [-0.25, -0.2) is 0 Å². The summed E-state index contributed by atoms with van der Waals surface area (Å²) in [5.41, 5.74) is 3.82. The highest BCUT2D eigenvalue weighted by Gasteiger charge is 2.44. The van der Waals surface area contributed by atoms with Gasteiger partial charge in [-0.3, -0.25) is 0 Å². The zero-order valence-electron chi connectivity index (χ0n) is 11.1. The van der Waals surface area contributed by atoms with Crippen molar-refractivity contribution < 1.29 is 0 Å². The van der Waals surface area contributed by atoms with Gasteiger partial charge < -0.3 is 0 Å². The van der Waals surface area contributed by atoms with Crippen LogP contribution in [-0.4, -0.2) is 0 Å². The Hall–Kier alpha value is -0.310. The fourth-order valence-corrected chi connectivity index (χ4v) is 4.38. The van der Waals surface area contributed by atoms with Crippen molar-refractivity contribution in [2.24, 2.45) is 5.92 Å². The maximum Gasteiger partial charge on any atom is 0.0630 e. The molecule has 20 heavy (non-hydrogen) atoms. The monoisotopic (exact) mass is 412 g/mol. The first-order valence-electron chi connectivity index (χ1n) is 6.72. The third-order valence-corrected chi connectivity index (χ3v) is 6.12. The van der Waals surface area contributed by atoms with Crippen LogP contribution in [0.2, 0.25) is 0 Å². The highest BCUT2D eigenvalue weighted by atomic mass is 79.9. The number of benzene rings is 2. The van der Waals surface area contributed by atoms with Gasteiger partial charge in [0.15, 0.2) is 0 Å². The maximum atomic E-state index is 6.73. The lowest BCUT2D eigenvalue weighted by atomic mass is 10.0. The van der Waals surface area contributed by atoms with Crippen LogP contribution in [0.15, 0.2) is 51.4 Å². The molecule has 0 aromatic heterocycles. The first kappa shape index (κ1) is 14.6. The summed E-state index contributed by atoms with van der Waals surface area (Å²) < 4.78 is 2.23. The molecule has 0 heterocycles. The highest BCUT2D eigenvalue weighted by molar-refractivity contribution is 9.11. The molecule has 0 bridgehead atoms. The van der Waals surface area contributed by atoms with Crippen LogP contribution >= 0.6 is 43.5 Å². The predicted octanol–water partition coefficient (Wildman–Crippen LogP) is 6.60. The lowest BCUT2D eigenvalue weighted by molar-refractivity contribution is 0.760. The Kier molecular flexibility index (Phi) is 4.26. The molecule has 1 aliphatic carbocycles. The molecule has 0 spiro atoms. The second-order valence-electron chi connectivity index (χ2n) is 5.44. The molecule has 3 atom stereocenters. The van der Waals surface area contributed by atoms with Gasteiger partial charge in [0.05, 0.1) is 5.38 Å². The van der Waals surface area contributed by atoms with Crippen molar-refractivity contribution in [3.63, 3.8) is 0 Å². The molecule has 104 valence electrons. The molecule has 0 amide bonds. The van der Waals surface area contributed by atoms with Crippen molar-refractivity contribution >= 4 is 43.5 Å². The van der Waals surface area contributed by atoms with Crippen LogP contribution in [-0.2, 0) is 0 Å².